The van der Waals surface area contributed by atoms with E-state index in [1.165, 1.54) is 11.3 Å². The first-order valence-corrected chi connectivity index (χ1v) is 8.76. The predicted octanol–water partition coefficient (Wildman–Crippen LogP) is 2.25. The van der Waals surface area contributed by atoms with E-state index in [0.29, 0.717) is 17.1 Å². The summed E-state index contributed by atoms with van der Waals surface area (Å²) < 4.78 is 0. The van der Waals surface area contributed by atoms with Crippen LogP contribution in [0, 0.1) is 6.92 Å². The van der Waals surface area contributed by atoms with E-state index in [1.54, 1.807) is 17.5 Å². The number of aryl methyl sites for hydroxylation is 1. The maximum Gasteiger partial charge on any atom is 0.325 e. The number of aromatic nitrogens is 1. The summed E-state index contributed by atoms with van der Waals surface area (Å²) in [6, 6.07) is 8.49. The summed E-state index contributed by atoms with van der Waals surface area (Å²) in [5, 5.41) is 7.61. The monoisotopic (exact) mass is 358 g/mol. The Hall–Kier alpha value is -2.74. The number of imide groups is 1. The molecule has 2 N–H and O–H groups in total. The molecule has 4 amide bonds. The van der Waals surface area contributed by atoms with Crippen LogP contribution >= 0.6 is 11.3 Å². The van der Waals surface area contributed by atoms with E-state index in [4.69, 9.17) is 0 Å². The normalized spacial score (nSPS) is 19.8. The van der Waals surface area contributed by atoms with Gasteiger partial charge in [-0.25, -0.2) is 9.78 Å². The van der Waals surface area contributed by atoms with Gasteiger partial charge in [0.25, 0.3) is 5.91 Å². The molecule has 25 heavy (non-hydrogen) atoms. The minimum Gasteiger partial charge on any atom is -0.319 e. The fourth-order valence-corrected chi connectivity index (χ4v) is 3.55. The fraction of sp³-hybridized carbons (Fsp3) is 0.294. The molecular formula is C17H18N4O3S. The topological polar surface area (TPSA) is 91.4 Å². The minimum absolute atomic E-state index is 0.349. The van der Waals surface area contributed by atoms with Gasteiger partial charge >= 0.3 is 6.03 Å². The van der Waals surface area contributed by atoms with Gasteiger partial charge in [0.2, 0.25) is 5.91 Å². The lowest BCUT2D eigenvalue weighted by Gasteiger charge is -2.25. The molecule has 7 nitrogen and oxygen atoms in total. The van der Waals surface area contributed by atoms with E-state index in [2.05, 4.69) is 15.6 Å². The van der Waals surface area contributed by atoms with Crippen LogP contribution in [-0.2, 0) is 15.1 Å². The molecule has 130 valence electrons. The van der Waals surface area contributed by atoms with Gasteiger partial charge in [-0.15, -0.1) is 11.3 Å². The molecule has 1 aliphatic heterocycles. The van der Waals surface area contributed by atoms with Gasteiger partial charge in [-0.05, 0) is 18.9 Å². The standard InChI is InChI=1S/C17H18N4O3S/c1-3-17(12-7-5-4-6-8-12)14(23)21(16(24)20-17)9-13(22)19-15-18-11(2)10-25-15/h4-8,10H,3,9H2,1-2H3,(H,20,24)(H,18,19,22). The summed E-state index contributed by atoms with van der Waals surface area (Å²) >= 11 is 1.29. The lowest BCUT2D eigenvalue weighted by Crippen LogP contribution is -2.44. The highest BCUT2D eigenvalue weighted by Crippen LogP contribution is 2.32. The van der Waals surface area contributed by atoms with Gasteiger partial charge in [0, 0.05) is 5.38 Å². The Kier molecular flexibility index (Phi) is 4.54. The second kappa shape index (κ2) is 6.64. The number of nitrogens with zero attached hydrogens (tertiary/aromatic N) is 2. The van der Waals surface area contributed by atoms with E-state index in [9.17, 15) is 14.4 Å². The number of amides is 4. The van der Waals surface area contributed by atoms with E-state index in [1.807, 2.05) is 32.0 Å². The molecule has 8 heteroatoms. The highest BCUT2D eigenvalue weighted by atomic mass is 32.1. The zero-order valence-corrected chi connectivity index (χ0v) is 14.7. The van der Waals surface area contributed by atoms with E-state index in [0.717, 1.165) is 10.6 Å². The second-order valence-corrected chi connectivity index (χ2v) is 6.65. The van der Waals surface area contributed by atoms with Crippen LogP contribution in [-0.4, -0.2) is 34.3 Å². The first-order valence-electron chi connectivity index (χ1n) is 7.88. The van der Waals surface area contributed by atoms with Gasteiger partial charge in [0.15, 0.2) is 5.13 Å². The van der Waals surface area contributed by atoms with Crippen molar-refractivity contribution in [1.82, 2.24) is 15.2 Å². The maximum absolute atomic E-state index is 12.9. The third-order valence-electron chi connectivity index (χ3n) is 4.14. The van der Waals surface area contributed by atoms with Crippen molar-refractivity contribution < 1.29 is 14.4 Å². The van der Waals surface area contributed by atoms with Crippen molar-refractivity contribution >= 4 is 34.3 Å². The van der Waals surface area contributed by atoms with Crippen LogP contribution in [0.3, 0.4) is 0 Å². The lowest BCUT2D eigenvalue weighted by atomic mass is 9.87. The highest BCUT2D eigenvalue weighted by Gasteiger charge is 2.51. The summed E-state index contributed by atoms with van der Waals surface area (Å²) in [4.78, 5) is 42.5. The zero-order valence-electron chi connectivity index (χ0n) is 13.9. The molecule has 0 spiro atoms. The van der Waals surface area contributed by atoms with Gasteiger partial charge in [0.1, 0.15) is 12.1 Å². The molecule has 2 heterocycles. The molecule has 0 radical (unpaired) electrons. The van der Waals surface area contributed by atoms with Gasteiger partial charge in [-0.1, -0.05) is 37.3 Å². The zero-order chi connectivity index (χ0) is 18.0. The van der Waals surface area contributed by atoms with E-state index in [-0.39, 0.29) is 6.54 Å². The Balaban J connectivity index is 1.78. The smallest absolute Gasteiger partial charge is 0.319 e. The van der Waals surface area contributed by atoms with Crippen molar-refractivity contribution in [2.75, 3.05) is 11.9 Å². The summed E-state index contributed by atoms with van der Waals surface area (Å²) in [5.74, 6) is -0.880. The number of carbonyl (C=O) groups excluding carboxylic acids is 3. The molecule has 0 saturated carbocycles. The van der Waals surface area contributed by atoms with Crippen molar-refractivity contribution in [2.45, 2.75) is 25.8 Å². The Labute approximate surface area is 149 Å². The maximum atomic E-state index is 12.9. The summed E-state index contributed by atoms with van der Waals surface area (Å²) in [5.41, 5.74) is 0.370. The summed E-state index contributed by atoms with van der Waals surface area (Å²) in [6.07, 6.45) is 0.394. The SMILES string of the molecule is CCC1(c2ccccc2)NC(=O)N(CC(=O)Nc2nc(C)cs2)C1=O. The molecule has 0 aliphatic carbocycles. The third kappa shape index (κ3) is 3.12. The lowest BCUT2D eigenvalue weighted by molar-refractivity contribution is -0.134. The molecular weight excluding hydrogens is 340 g/mol. The van der Waals surface area contributed by atoms with Crippen molar-refractivity contribution in [3.05, 3.63) is 47.0 Å². The minimum atomic E-state index is -1.13. The molecule has 1 unspecified atom stereocenters. The van der Waals surface area contributed by atoms with Crippen LogP contribution < -0.4 is 10.6 Å². The van der Waals surface area contributed by atoms with Crippen molar-refractivity contribution in [3.63, 3.8) is 0 Å². The largest absolute Gasteiger partial charge is 0.325 e. The number of benzene rings is 1. The summed E-state index contributed by atoms with van der Waals surface area (Å²) in [6.45, 7) is 3.30. The molecule has 1 fully saturated rings. The number of hydrogen-bond acceptors (Lipinski definition) is 5. The average molecular weight is 358 g/mol. The predicted molar refractivity (Wildman–Crippen MR) is 94.1 cm³/mol. The molecule has 1 aromatic heterocycles. The van der Waals surface area contributed by atoms with Crippen LogP contribution in [0.1, 0.15) is 24.6 Å². The quantitative estimate of drug-likeness (QED) is 0.802. The number of urea groups is 1. The van der Waals surface area contributed by atoms with Gasteiger partial charge in [-0.3, -0.25) is 14.5 Å². The molecule has 3 rings (SSSR count). The molecule has 1 aromatic carbocycles. The number of anilines is 1. The third-order valence-corrected chi connectivity index (χ3v) is 5.02. The highest BCUT2D eigenvalue weighted by molar-refractivity contribution is 7.13. The first-order chi connectivity index (χ1) is 12.0. The van der Waals surface area contributed by atoms with E-state index >= 15 is 0 Å². The van der Waals surface area contributed by atoms with Crippen LogP contribution in [0.15, 0.2) is 35.7 Å². The molecule has 0 bridgehead atoms. The van der Waals surface area contributed by atoms with Gasteiger partial charge < -0.3 is 10.6 Å². The number of nitrogens with one attached hydrogen (secondary N) is 2. The average Bonchev–Trinajstić information content (AvgIpc) is 3.11. The van der Waals surface area contributed by atoms with Crippen LogP contribution in [0.4, 0.5) is 9.93 Å². The Morgan fingerprint density at radius 3 is 2.64 bits per heavy atom. The van der Waals surface area contributed by atoms with Crippen molar-refractivity contribution in [3.8, 4) is 0 Å². The number of rotatable bonds is 5. The second-order valence-electron chi connectivity index (χ2n) is 5.79. The van der Waals surface area contributed by atoms with Crippen molar-refractivity contribution in [2.24, 2.45) is 0 Å². The van der Waals surface area contributed by atoms with Crippen LogP contribution in [0.5, 0.6) is 0 Å². The molecule has 1 aliphatic rings. The molecule has 1 atom stereocenters. The summed E-state index contributed by atoms with van der Waals surface area (Å²) in [7, 11) is 0. The molecule has 1 saturated heterocycles. The Morgan fingerprint density at radius 2 is 2.04 bits per heavy atom. The van der Waals surface area contributed by atoms with Crippen LogP contribution in [0.2, 0.25) is 0 Å². The van der Waals surface area contributed by atoms with Gasteiger partial charge in [-0.2, -0.15) is 0 Å². The molecule has 2 aromatic rings. The number of hydrogen-bond donors (Lipinski definition) is 2. The van der Waals surface area contributed by atoms with Crippen molar-refractivity contribution in [1.29, 1.82) is 0 Å². The Morgan fingerprint density at radius 1 is 1.32 bits per heavy atom. The number of carbonyl (C=O) groups is 3. The van der Waals surface area contributed by atoms with Gasteiger partial charge in [0.05, 0.1) is 5.69 Å². The van der Waals surface area contributed by atoms with Crippen LogP contribution in [0.25, 0.3) is 0 Å². The number of thiazole rings is 1. The first kappa shape index (κ1) is 17.1. The van der Waals surface area contributed by atoms with E-state index < -0.39 is 23.4 Å². The fourth-order valence-electron chi connectivity index (χ4n) is 2.85. The Bertz CT molecular complexity index is 820.